The fourth-order valence-electron chi connectivity index (χ4n) is 2.99. The van der Waals surface area contributed by atoms with Crippen LogP contribution in [0.2, 0.25) is 0 Å². The van der Waals surface area contributed by atoms with E-state index in [0.29, 0.717) is 11.5 Å². The summed E-state index contributed by atoms with van der Waals surface area (Å²) in [6.45, 7) is 2.08. The van der Waals surface area contributed by atoms with Crippen molar-refractivity contribution in [3.05, 3.63) is 52.6 Å². The third kappa shape index (κ3) is 4.80. The first kappa shape index (κ1) is 21.8. The molecule has 1 aromatic heterocycles. The van der Waals surface area contributed by atoms with Crippen LogP contribution in [0.4, 0.5) is 0 Å². The predicted molar refractivity (Wildman–Crippen MR) is 117 cm³/mol. The molecule has 1 fully saturated rings. The summed E-state index contributed by atoms with van der Waals surface area (Å²) in [6.07, 6.45) is 1.84. The smallest absolute Gasteiger partial charge is 0.326 e. The molecule has 0 spiro atoms. The molecule has 1 aliphatic heterocycles. The number of carboxylic acids is 2. The fourth-order valence-corrected chi connectivity index (χ4v) is 4.33. The van der Waals surface area contributed by atoms with Gasteiger partial charge in [-0.2, -0.15) is 0 Å². The first-order valence-corrected chi connectivity index (χ1v) is 10.4. The molecule has 1 aliphatic rings. The molecule has 2 aromatic rings. The summed E-state index contributed by atoms with van der Waals surface area (Å²) >= 11 is 6.14. The third-order valence-electron chi connectivity index (χ3n) is 4.60. The third-order valence-corrected chi connectivity index (χ3v) is 5.93. The molecular formula is C21H19NO6S2. The van der Waals surface area contributed by atoms with Crippen molar-refractivity contribution in [2.75, 3.05) is 0 Å². The Bertz CT molecular complexity index is 1020. The van der Waals surface area contributed by atoms with Gasteiger partial charge in [-0.05, 0) is 30.5 Å². The molecule has 156 valence electrons. The van der Waals surface area contributed by atoms with Crippen LogP contribution < -0.4 is 0 Å². The number of carbonyl (C=O) groups is 3. The Labute approximate surface area is 182 Å². The molecule has 0 unspecified atom stereocenters. The lowest BCUT2D eigenvalue weighted by Crippen LogP contribution is -2.44. The van der Waals surface area contributed by atoms with Gasteiger partial charge in [0.25, 0.3) is 5.91 Å². The van der Waals surface area contributed by atoms with E-state index in [0.717, 1.165) is 28.6 Å². The highest BCUT2D eigenvalue weighted by Gasteiger charge is 2.40. The van der Waals surface area contributed by atoms with E-state index in [4.69, 9.17) is 21.7 Å². The number of thiocarbonyl (C=S) groups is 1. The molecule has 1 saturated heterocycles. The number of nitrogens with zero attached hydrogens (tertiary/aromatic N) is 1. The van der Waals surface area contributed by atoms with E-state index in [1.807, 2.05) is 24.3 Å². The Morgan fingerprint density at radius 3 is 2.50 bits per heavy atom. The lowest BCUT2D eigenvalue weighted by atomic mass is 10.1. The van der Waals surface area contributed by atoms with Gasteiger partial charge in [0.1, 0.15) is 21.9 Å². The summed E-state index contributed by atoms with van der Waals surface area (Å²) in [4.78, 5) is 36.3. The average molecular weight is 446 g/mol. The number of rotatable bonds is 8. The summed E-state index contributed by atoms with van der Waals surface area (Å²) in [5, 5.41) is 18.3. The number of carboxylic acid groups (broad SMARTS) is 2. The number of hydrogen-bond donors (Lipinski definition) is 2. The molecular weight excluding hydrogens is 426 g/mol. The van der Waals surface area contributed by atoms with E-state index < -0.39 is 23.9 Å². The van der Waals surface area contributed by atoms with Crippen molar-refractivity contribution in [2.24, 2.45) is 0 Å². The van der Waals surface area contributed by atoms with Crippen molar-refractivity contribution in [2.45, 2.75) is 32.2 Å². The Hall–Kier alpha value is -2.91. The Kier molecular flexibility index (Phi) is 6.73. The topological polar surface area (TPSA) is 108 Å². The van der Waals surface area contributed by atoms with E-state index in [9.17, 15) is 19.5 Å². The van der Waals surface area contributed by atoms with Crippen LogP contribution in [0, 0.1) is 0 Å². The monoisotopic (exact) mass is 445 g/mol. The molecule has 0 saturated carbocycles. The zero-order valence-electron chi connectivity index (χ0n) is 16.0. The standard InChI is InChI=1S/C21H19NO6S2/c1-2-12-3-5-13(6-4-12)16-9-7-14(28-16)11-17-19(25)22(21(29)30-17)15(20(26)27)8-10-18(23)24/h3-7,9,11,15H,2,8,10H2,1H3,(H,23,24)(H,26,27)/b17-11-/t15-/m1/s1. The van der Waals surface area contributed by atoms with Crippen LogP contribution in [0.25, 0.3) is 17.4 Å². The second-order valence-electron chi connectivity index (χ2n) is 6.59. The van der Waals surface area contributed by atoms with Crippen molar-refractivity contribution in [3.8, 4) is 11.3 Å². The largest absolute Gasteiger partial charge is 0.481 e. The normalized spacial score (nSPS) is 16.3. The van der Waals surface area contributed by atoms with Gasteiger partial charge in [-0.25, -0.2) is 4.79 Å². The summed E-state index contributed by atoms with van der Waals surface area (Å²) < 4.78 is 5.89. The summed E-state index contributed by atoms with van der Waals surface area (Å²) in [7, 11) is 0. The maximum absolute atomic E-state index is 12.8. The zero-order valence-corrected chi connectivity index (χ0v) is 17.7. The van der Waals surface area contributed by atoms with Crippen LogP contribution in [0.5, 0.6) is 0 Å². The van der Waals surface area contributed by atoms with Gasteiger partial charge < -0.3 is 14.6 Å². The number of furan rings is 1. The molecule has 1 aromatic carbocycles. The van der Waals surface area contributed by atoms with E-state index in [1.165, 1.54) is 11.6 Å². The summed E-state index contributed by atoms with van der Waals surface area (Å²) in [5.41, 5.74) is 2.11. The lowest BCUT2D eigenvalue weighted by Gasteiger charge is -2.22. The molecule has 1 atom stereocenters. The van der Waals surface area contributed by atoms with Gasteiger partial charge >= 0.3 is 11.9 Å². The highest BCUT2D eigenvalue weighted by Crippen LogP contribution is 2.35. The van der Waals surface area contributed by atoms with Crippen molar-refractivity contribution >= 4 is 52.2 Å². The van der Waals surface area contributed by atoms with Gasteiger partial charge in [-0.3, -0.25) is 14.5 Å². The van der Waals surface area contributed by atoms with Crippen LogP contribution in [0.15, 0.2) is 45.7 Å². The van der Waals surface area contributed by atoms with Crippen molar-refractivity contribution in [3.63, 3.8) is 0 Å². The number of benzene rings is 1. The molecule has 0 radical (unpaired) electrons. The number of aryl methyl sites for hydroxylation is 1. The zero-order chi connectivity index (χ0) is 21.8. The maximum atomic E-state index is 12.8. The number of carbonyl (C=O) groups excluding carboxylic acids is 1. The average Bonchev–Trinajstić information content (AvgIpc) is 3.28. The van der Waals surface area contributed by atoms with Gasteiger partial charge in [0, 0.05) is 18.1 Å². The van der Waals surface area contributed by atoms with Gasteiger partial charge in [0.15, 0.2) is 0 Å². The SMILES string of the molecule is CCc1ccc(-c2ccc(/C=C3\SC(=S)N([C@H](CCC(=O)O)C(=O)O)C3=O)o2)cc1. The highest BCUT2D eigenvalue weighted by atomic mass is 32.2. The molecule has 2 heterocycles. The Balaban J connectivity index is 1.80. The number of thioether (sulfide) groups is 1. The maximum Gasteiger partial charge on any atom is 0.326 e. The molecule has 9 heteroatoms. The quantitative estimate of drug-likeness (QED) is 0.463. The van der Waals surface area contributed by atoms with E-state index in [-0.39, 0.29) is 22.1 Å². The molecule has 2 N–H and O–H groups in total. The lowest BCUT2D eigenvalue weighted by molar-refractivity contribution is -0.146. The van der Waals surface area contributed by atoms with E-state index >= 15 is 0 Å². The van der Waals surface area contributed by atoms with Crippen molar-refractivity contribution in [1.82, 2.24) is 4.90 Å². The van der Waals surface area contributed by atoms with Crippen LogP contribution in [0.3, 0.4) is 0 Å². The Morgan fingerprint density at radius 2 is 1.90 bits per heavy atom. The number of hydrogen-bond acceptors (Lipinski definition) is 6. The minimum absolute atomic E-state index is 0.0750. The Morgan fingerprint density at radius 1 is 1.20 bits per heavy atom. The first-order chi connectivity index (χ1) is 14.3. The van der Waals surface area contributed by atoms with Gasteiger partial charge in [-0.1, -0.05) is 55.2 Å². The number of amides is 1. The second-order valence-corrected chi connectivity index (χ2v) is 8.27. The van der Waals surface area contributed by atoms with Crippen LogP contribution in [0.1, 0.15) is 31.1 Å². The summed E-state index contributed by atoms with van der Waals surface area (Å²) in [6, 6.07) is 10.1. The van der Waals surface area contributed by atoms with E-state index in [1.54, 1.807) is 12.1 Å². The van der Waals surface area contributed by atoms with Crippen LogP contribution in [-0.2, 0) is 20.8 Å². The summed E-state index contributed by atoms with van der Waals surface area (Å²) in [5.74, 6) is -1.94. The van der Waals surface area contributed by atoms with Gasteiger partial charge in [-0.15, -0.1) is 0 Å². The van der Waals surface area contributed by atoms with Crippen LogP contribution in [-0.4, -0.2) is 43.3 Å². The van der Waals surface area contributed by atoms with Crippen LogP contribution >= 0.6 is 24.0 Å². The fraction of sp³-hybridized carbons (Fsp3) is 0.238. The number of aliphatic carboxylic acids is 2. The minimum atomic E-state index is -1.33. The predicted octanol–water partition coefficient (Wildman–Crippen LogP) is 4.03. The molecule has 0 aliphatic carbocycles. The molecule has 30 heavy (non-hydrogen) atoms. The molecule has 0 bridgehead atoms. The molecule has 1 amide bonds. The minimum Gasteiger partial charge on any atom is -0.481 e. The highest BCUT2D eigenvalue weighted by molar-refractivity contribution is 8.26. The molecule has 3 rings (SSSR count). The first-order valence-electron chi connectivity index (χ1n) is 9.21. The van der Waals surface area contributed by atoms with Gasteiger partial charge in [0.2, 0.25) is 0 Å². The van der Waals surface area contributed by atoms with Crippen molar-refractivity contribution < 1.29 is 29.0 Å². The molecule has 7 nitrogen and oxygen atoms in total. The second kappa shape index (κ2) is 9.27. The van der Waals surface area contributed by atoms with Crippen molar-refractivity contribution in [1.29, 1.82) is 0 Å². The van der Waals surface area contributed by atoms with Gasteiger partial charge in [0.05, 0.1) is 4.91 Å². The van der Waals surface area contributed by atoms with E-state index in [2.05, 4.69) is 6.92 Å².